The van der Waals surface area contributed by atoms with Crippen LogP contribution in [0.25, 0.3) is 5.65 Å². The normalized spacial score (nSPS) is 18.8. The van der Waals surface area contributed by atoms with Crippen LogP contribution in [-0.2, 0) is 0 Å². The molecule has 1 aromatic carbocycles. The molecule has 2 N–H and O–H groups in total. The number of alkyl halides is 2. The highest BCUT2D eigenvalue weighted by Crippen LogP contribution is 2.44. The van der Waals surface area contributed by atoms with E-state index in [1.165, 1.54) is 28.6 Å². The number of hydrogen-bond acceptors (Lipinski definition) is 5. The second kappa shape index (κ2) is 6.18. The maximum absolute atomic E-state index is 14.3. The number of ketones is 1. The summed E-state index contributed by atoms with van der Waals surface area (Å²) in [5.74, 6) is -4.96. The lowest BCUT2D eigenvalue weighted by Crippen LogP contribution is -2.27. The van der Waals surface area contributed by atoms with Gasteiger partial charge in [0.05, 0.1) is 12.6 Å². The van der Waals surface area contributed by atoms with Crippen molar-refractivity contribution in [2.24, 2.45) is 0 Å². The fraction of sp³-hybridized carbons (Fsp3) is 0.278. The number of fused-ring (bicyclic) bond motifs is 1. The summed E-state index contributed by atoms with van der Waals surface area (Å²) in [5, 5.41) is 3.97. The van der Waals surface area contributed by atoms with Crippen LogP contribution in [0.5, 0.6) is 0 Å². The molecule has 1 atom stereocenters. The number of aromatic nitrogens is 3. The molecule has 1 unspecified atom stereocenters. The van der Waals surface area contributed by atoms with Gasteiger partial charge in [-0.1, -0.05) is 0 Å². The Morgan fingerprint density at radius 3 is 2.75 bits per heavy atom. The number of nitrogens with zero attached hydrogens (tertiary/aromatic N) is 4. The summed E-state index contributed by atoms with van der Waals surface area (Å²) in [5.41, 5.74) is 5.73. The van der Waals surface area contributed by atoms with Gasteiger partial charge in [0.1, 0.15) is 23.0 Å². The Kier molecular flexibility index (Phi) is 4.02. The van der Waals surface area contributed by atoms with Crippen LogP contribution in [0.1, 0.15) is 35.3 Å². The van der Waals surface area contributed by atoms with E-state index >= 15 is 0 Å². The molecule has 1 saturated heterocycles. The van der Waals surface area contributed by atoms with Crippen LogP contribution >= 0.6 is 0 Å². The lowest BCUT2D eigenvalue weighted by molar-refractivity contribution is 0.0221. The van der Waals surface area contributed by atoms with Crippen LogP contribution in [0.15, 0.2) is 30.5 Å². The first-order chi connectivity index (χ1) is 13.2. The predicted molar refractivity (Wildman–Crippen MR) is 93.4 cm³/mol. The van der Waals surface area contributed by atoms with E-state index in [-0.39, 0.29) is 34.2 Å². The van der Waals surface area contributed by atoms with E-state index in [0.29, 0.717) is 0 Å². The Labute approximate surface area is 156 Å². The summed E-state index contributed by atoms with van der Waals surface area (Å²) in [6, 6.07) is 3.03. The molecule has 1 fully saturated rings. The number of hydrogen-bond donors (Lipinski definition) is 1. The monoisotopic (exact) mass is 393 g/mol. The number of rotatable bonds is 3. The maximum Gasteiger partial charge on any atom is 0.267 e. The Morgan fingerprint density at radius 2 is 2.04 bits per heavy atom. The first-order valence-electron chi connectivity index (χ1n) is 8.41. The van der Waals surface area contributed by atoms with Crippen molar-refractivity contribution in [2.75, 3.05) is 17.2 Å². The minimum Gasteiger partial charge on any atom is -0.382 e. The van der Waals surface area contributed by atoms with Crippen molar-refractivity contribution in [3.8, 4) is 0 Å². The fourth-order valence-corrected chi connectivity index (χ4v) is 3.54. The van der Waals surface area contributed by atoms with E-state index in [1.54, 1.807) is 0 Å². The molecule has 0 aliphatic carbocycles. The Morgan fingerprint density at radius 1 is 1.29 bits per heavy atom. The molecule has 0 amide bonds. The van der Waals surface area contributed by atoms with Crippen molar-refractivity contribution in [3.05, 3.63) is 53.2 Å². The van der Waals surface area contributed by atoms with Crippen LogP contribution in [0.2, 0.25) is 0 Å². The number of nitrogens with two attached hydrogens (primary N) is 1. The molecule has 0 spiro atoms. The molecule has 2 aromatic heterocycles. The summed E-state index contributed by atoms with van der Waals surface area (Å²) >= 11 is 0. The van der Waals surface area contributed by atoms with Gasteiger partial charge in [-0.25, -0.2) is 27.1 Å². The van der Waals surface area contributed by atoms with Gasteiger partial charge in [-0.2, -0.15) is 0 Å². The second-order valence-electron chi connectivity index (χ2n) is 6.74. The zero-order valence-electron chi connectivity index (χ0n) is 14.7. The molecule has 0 radical (unpaired) electrons. The molecule has 1 aliphatic heterocycles. The van der Waals surface area contributed by atoms with Crippen molar-refractivity contribution in [3.63, 3.8) is 0 Å². The molecule has 0 saturated carbocycles. The van der Waals surface area contributed by atoms with Gasteiger partial charge in [0.25, 0.3) is 5.92 Å². The molecule has 4 rings (SSSR count). The van der Waals surface area contributed by atoms with E-state index in [0.717, 1.165) is 18.2 Å². The molecule has 3 aromatic rings. The first-order valence-corrected chi connectivity index (χ1v) is 8.41. The number of anilines is 2. The number of carbonyl (C=O) groups excluding carboxylic acids is 1. The minimum atomic E-state index is -3.13. The van der Waals surface area contributed by atoms with Crippen molar-refractivity contribution in [2.45, 2.75) is 25.3 Å². The van der Waals surface area contributed by atoms with Gasteiger partial charge in [-0.05, 0) is 31.2 Å². The third-order valence-corrected chi connectivity index (χ3v) is 4.73. The zero-order valence-corrected chi connectivity index (χ0v) is 14.7. The van der Waals surface area contributed by atoms with Gasteiger partial charge >= 0.3 is 0 Å². The lowest BCUT2D eigenvalue weighted by atomic mass is 10.0. The van der Waals surface area contributed by atoms with E-state index in [2.05, 4.69) is 10.1 Å². The first kappa shape index (κ1) is 18.2. The number of nitrogen functional groups attached to an aromatic ring is 1. The van der Waals surface area contributed by atoms with Crippen LogP contribution < -0.4 is 10.6 Å². The van der Waals surface area contributed by atoms with Gasteiger partial charge in [-0.3, -0.25) is 4.79 Å². The molecule has 146 valence electrons. The number of halogens is 4. The highest BCUT2D eigenvalue weighted by atomic mass is 19.3. The molecule has 6 nitrogen and oxygen atoms in total. The Balaban J connectivity index is 1.85. The summed E-state index contributed by atoms with van der Waals surface area (Å²) in [4.78, 5) is 17.3. The largest absolute Gasteiger partial charge is 0.382 e. The number of Topliss-reactive ketones (excluding diaryl/α,β-unsaturated/α-hetero) is 1. The highest BCUT2D eigenvalue weighted by molar-refractivity contribution is 6.04. The Hall–Kier alpha value is -3.17. The van der Waals surface area contributed by atoms with Gasteiger partial charge < -0.3 is 10.6 Å². The molecular weight excluding hydrogens is 378 g/mol. The average Bonchev–Trinajstić information content (AvgIpc) is 3.11. The average molecular weight is 393 g/mol. The van der Waals surface area contributed by atoms with Crippen molar-refractivity contribution < 1.29 is 22.4 Å². The van der Waals surface area contributed by atoms with Crippen LogP contribution in [-0.4, -0.2) is 32.8 Å². The minimum absolute atomic E-state index is 0.0309. The van der Waals surface area contributed by atoms with Gasteiger partial charge in [0, 0.05) is 18.2 Å². The number of benzene rings is 1. The molecule has 28 heavy (non-hydrogen) atoms. The quantitative estimate of drug-likeness (QED) is 0.545. The van der Waals surface area contributed by atoms with Gasteiger partial charge in [-0.15, -0.1) is 5.10 Å². The van der Waals surface area contributed by atoms with Crippen molar-refractivity contribution in [1.82, 2.24) is 14.6 Å². The van der Waals surface area contributed by atoms with Crippen molar-refractivity contribution >= 4 is 23.1 Å². The lowest BCUT2D eigenvalue weighted by Gasteiger charge is -2.25. The van der Waals surface area contributed by atoms with E-state index in [1.807, 2.05) is 0 Å². The van der Waals surface area contributed by atoms with Crippen LogP contribution in [0, 0.1) is 11.6 Å². The zero-order chi connectivity index (χ0) is 20.2. The smallest absolute Gasteiger partial charge is 0.267 e. The van der Waals surface area contributed by atoms with Crippen LogP contribution in [0.3, 0.4) is 0 Å². The van der Waals surface area contributed by atoms with E-state index in [4.69, 9.17) is 5.73 Å². The number of carbonyl (C=O) groups is 1. The summed E-state index contributed by atoms with van der Waals surface area (Å²) < 4.78 is 57.5. The highest BCUT2D eigenvalue weighted by Gasteiger charge is 2.47. The van der Waals surface area contributed by atoms with E-state index < -0.39 is 36.6 Å². The molecular formula is C18H15F4N5O. The maximum atomic E-state index is 14.3. The third kappa shape index (κ3) is 2.94. The molecule has 1 aliphatic rings. The fourth-order valence-electron chi connectivity index (χ4n) is 3.54. The molecule has 10 heteroatoms. The third-order valence-electron chi connectivity index (χ3n) is 4.73. The van der Waals surface area contributed by atoms with Crippen LogP contribution in [0.4, 0.5) is 29.2 Å². The van der Waals surface area contributed by atoms with E-state index in [9.17, 15) is 22.4 Å². The topological polar surface area (TPSA) is 76.5 Å². The molecule has 0 bridgehead atoms. The predicted octanol–water partition coefficient (Wildman–Crippen LogP) is 3.38. The summed E-state index contributed by atoms with van der Waals surface area (Å²) in [6.45, 7) is 0.562. The SMILES string of the molecule is CC(=O)c1c(N)nn2ccc(N3CC(F)(F)CC3c3cc(F)ccc3F)nc12. The summed E-state index contributed by atoms with van der Waals surface area (Å²) in [7, 11) is 0. The summed E-state index contributed by atoms with van der Waals surface area (Å²) in [6.07, 6.45) is 0.733. The Bertz CT molecular complexity index is 1100. The van der Waals surface area contributed by atoms with Gasteiger partial charge in [0.15, 0.2) is 17.2 Å². The van der Waals surface area contributed by atoms with Crippen molar-refractivity contribution in [1.29, 1.82) is 0 Å². The molecule has 3 heterocycles. The van der Waals surface area contributed by atoms with Gasteiger partial charge in [0.2, 0.25) is 0 Å². The standard InChI is InChI=1S/C18H15F4N5O/c1-9(28)15-16(23)25-27-5-4-14(24-17(15)27)26-8-18(21,22)7-13(26)11-6-10(19)2-3-12(11)20/h2-6,13H,7-8H2,1H3,(H2,23,25). The second-order valence-corrected chi connectivity index (χ2v) is 6.74.